The lowest BCUT2D eigenvalue weighted by molar-refractivity contribution is 0.0696. The SMILES string of the molecule is Cc1ccc2cc(Cn3cc(C(=O)O)cn3)ccc2n1.Cl.NCc1ccc(CN)cc1. The van der Waals surface area contributed by atoms with Crippen LogP contribution >= 0.6 is 12.4 Å². The molecule has 0 amide bonds. The van der Waals surface area contributed by atoms with Crippen LogP contribution in [-0.2, 0) is 19.6 Å². The number of fused-ring (bicyclic) bond motifs is 1. The summed E-state index contributed by atoms with van der Waals surface area (Å²) in [6.07, 6.45) is 2.88. The van der Waals surface area contributed by atoms with Gasteiger partial charge in [-0.05, 0) is 41.8 Å². The van der Waals surface area contributed by atoms with Crippen molar-refractivity contribution in [2.45, 2.75) is 26.6 Å². The predicted octanol–water partition coefficient (Wildman–Crippen LogP) is 3.51. The normalized spacial score (nSPS) is 10.2. The van der Waals surface area contributed by atoms with Crippen molar-refractivity contribution in [1.29, 1.82) is 0 Å². The van der Waals surface area contributed by atoms with Gasteiger partial charge in [-0.1, -0.05) is 36.4 Å². The molecule has 0 spiro atoms. The van der Waals surface area contributed by atoms with Gasteiger partial charge in [0.1, 0.15) is 0 Å². The van der Waals surface area contributed by atoms with Crippen molar-refractivity contribution in [3.8, 4) is 0 Å². The van der Waals surface area contributed by atoms with Crippen molar-refractivity contribution in [3.05, 3.63) is 94.9 Å². The molecule has 0 fully saturated rings. The zero-order valence-corrected chi connectivity index (χ0v) is 18.0. The molecule has 5 N–H and O–H groups in total. The molecule has 7 nitrogen and oxygen atoms in total. The maximum absolute atomic E-state index is 10.8. The van der Waals surface area contributed by atoms with E-state index in [0.717, 1.165) is 33.3 Å². The molecule has 0 atom stereocenters. The molecular weight excluding hydrogens is 414 g/mol. The molecule has 0 aliphatic heterocycles. The summed E-state index contributed by atoms with van der Waals surface area (Å²) in [6.45, 7) is 3.71. The van der Waals surface area contributed by atoms with Gasteiger partial charge in [0.15, 0.2) is 0 Å². The van der Waals surface area contributed by atoms with E-state index in [0.29, 0.717) is 19.6 Å². The number of aromatic carboxylic acids is 1. The van der Waals surface area contributed by atoms with E-state index in [4.69, 9.17) is 16.6 Å². The summed E-state index contributed by atoms with van der Waals surface area (Å²) in [7, 11) is 0. The smallest absolute Gasteiger partial charge is 0.338 e. The number of aryl methyl sites for hydroxylation is 1. The van der Waals surface area contributed by atoms with Gasteiger partial charge in [-0.25, -0.2) is 4.79 Å². The minimum atomic E-state index is -0.963. The van der Waals surface area contributed by atoms with Crippen molar-refractivity contribution in [2.24, 2.45) is 11.5 Å². The van der Waals surface area contributed by atoms with Gasteiger partial charge in [-0.3, -0.25) is 9.67 Å². The Labute approximate surface area is 187 Å². The first kappa shape index (κ1) is 24.0. The quantitative estimate of drug-likeness (QED) is 0.437. The number of rotatable bonds is 5. The van der Waals surface area contributed by atoms with Crippen LogP contribution in [-0.4, -0.2) is 25.8 Å². The molecule has 162 valence electrons. The molecule has 0 bridgehead atoms. The molecule has 2 aromatic carbocycles. The minimum Gasteiger partial charge on any atom is -0.478 e. The first-order valence-electron chi connectivity index (χ1n) is 9.58. The van der Waals surface area contributed by atoms with E-state index in [1.807, 2.05) is 61.5 Å². The lowest BCUT2D eigenvalue weighted by Crippen LogP contribution is -2.00. The van der Waals surface area contributed by atoms with Gasteiger partial charge in [0.25, 0.3) is 0 Å². The van der Waals surface area contributed by atoms with Crippen LogP contribution in [0.2, 0.25) is 0 Å². The van der Waals surface area contributed by atoms with Gasteiger partial charge in [0.2, 0.25) is 0 Å². The maximum atomic E-state index is 10.8. The van der Waals surface area contributed by atoms with Gasteiger partial charge in [-0.2, -0.15) is 5.10 Å². The summed E-state index contributed by atoms with van der Waals surface area (Å²) in [5.74, 6) is -0.963. The third kappa shape index (κ3) is 6.62. The number of pyridine rings is 1. The predicted molar refractivity (Wildman–Crippen MR) is 124 cm³/mol. The van der Waals surface area contributed by atoms with E-state index >= 15 is 0 Å². The van der Waals surface area contributed by atoms with Crippen molar-refractivity contribution in [3.63, 3.8) is 0 Å². The number of hydrogen-bond donors (Lipinski definition) is 3. The van der Waals surface area contributed by atoms with Crippen LogP contribution in [0.3, 0.4) is 0 Å². The zero-order chi connectivity index (χ0) is 21.5. The molecule has 2 heterocycles. The van der Waals surface area contributed by atoms with Gasteiger partial charge >= 0.3 is 5.97 Å². The molecule has 0 aliphatic rings. The number of carboxylic acid groups (broad SMARTS) is 1. The fourth-order valence-corrected chi connectivity index (χ4v) is 2.93. The van der Waals surface area contributed by atoms with Crippen LogP contribution in [0.25, 0.3) is 10.9 Å². The first-order chi connectivity index (χ1) is 14.5. The highest BCUT2D eigenvalue weighted by Gasteiger charge is 2.06. The van der Waals surface area contributed by atoms with Gasteiger partial charge in [0.05, 0.1) is 23.8 Å². The van der Waals surface area contributed by atoms with E-state index < -0.39 is 5.97 Å². The number of nitrogens with two attached hydrogens (primary N) is 2. The molecule has 0 unspecified atom stereocenters. The number of halogens is 1. The Morgan fingerprint density at radius 1 is 0.968 bits per heavy atom. The highest BCUT2D eigenvalue weighted by atomic mass is 35.5. The second kappa shape index (κ2) is 11.2. The standard InChI is InChI=1S/C15H13N3O2.C8H12N2.ClH/c1-10-2-4-12-6-11(3-5-14(12)17-10)8-18-9-13(7-16-18)15(19)20;9-5-7-1-2-8(6-10)4-3-7;/h2-7,9H,8H2,1H3,(H,19,20);1-4H,5-6,9-10H2;1H. The Morgan fingerprint density at radius 2 is 1.58 bits per heavy atom. The summed E-state index contributed by atoms with van der Waals surface area (Å²) in [6, 6.07) is 18.0. The van der Waals surface area contributed by atoms with E-state index in [1.54, 1.807) is 4.68 Å². The van der Waals surface area contributed by atoms with Crippen LogP contribution in [0.4, 0.5) is 0 Å². The Bertz CT molecular complexity index is 1120. The largest absolute Gasteiger partial charge is 0.478 e. The van der Waals surface area contributed by atoms with E-state index in [1.165, 1.54) is 12.4 Å². The number of nitrogens with zero attached hydrogens (tertiary/aromatic N) is 3. The fraction of sp³-hybridized carbons (Fsp3) is 0.174. The number of aromatic nitrogens is 3. The molecule has 0 saturated heterocycles. The van der Waals surface area contributed by atoms with Crippen LogP contribution < -0.4 is 11.5 Å². The molecule has 4 aromatic rings. The molecule has 2 aromatic heterocycles. The third-order valence-electron chi connectivity index (χ3n) is 4.61. The van der Waals surface area contributed by atoms with Crippen molar-refractivity contribution >= 4 is 29.3 Å². The second-order valence-corrected chi connectivity index (χ2v) is 6.94. The van der Waals surface area contributed by atoms with E-state index in [-0.39, 0.29) is 18.0 Å². The molecule has 8 heteroatoms. The summed E-state index contributed by atoms with van der Waals surface area (Å²) in [4.78, 5) is 15.3. The van der Waals surface area contributed by atoms with Crippen molar-refractivity contribution in [1.82, 2.24) is 14.8 Å². The maximum Gasteiger partial charge on any atom is 0.338 e. The van der Waals surface area contributed by atoms with Gasteiger partial charge in [-0.15, -0.1) is 12.4 Å². The number of benzene rings is 2. The van der Waals surface area contributed by atoms with Crippen LogP contribution in [0.5, 0.6) is 0 Å². The summed E-state index contributed by atoms with van der Waals surface area (Å²) >= 11 is 0. The summed E-state index contributed by atoms with van der Waals surface area (Å²) in [5, 5.41) is 14.0. The lowest BCUT2D eigenvalue weighted by atomic mass is 10.1. The van der Waals surface area contributed by atoms with E-state index in [9.17, 15) is 4.79 Å². The molecule has 4 rings (SSSR count). The van der Waals surface area contributed by atoms with Crippen LogP contribution in [0.1, 0.15) is 32.7 Å². The lowest BCUT2D eigenvalue weighted by Gasteiger charge is -2.04. The topological polar surface area (TPSA) is 120 Å². The number of carboxylic acids is 1. The van der Waals surface area contributed by atoms with Crippen molar-refractivity contribution < 1.29 is 9.90 Å². The van der Waals surface area contributed by atoms with E-state index in [2.05, 4.69) is 10.1 Å². The zero-order valence-electron chi connectivity index (χ0n) is 17.2. The summed E-state index contributed by atoms with van der Waals surface area (Å²) in [5.41, 5.74) is 16.3. The first-order valence-corrected chi connectivity index (χ1v) is 9.58. The number of hydrogen-bond acceptors (Lipinski definition) is 5. The van der Waals surface area contributed by atoms with Gasteiger partial charge < -0.3 is 16.6 Å². The van der Waals surface area contributed by atoms with Gasteiger partial charge in [0, 0.05) is 30.4 Å². The van der Waals surface area contributed by atoms with Crippen LogP contribution in [0, 0.1) is 6.92 Å². The van der Waals surface area contributed by atoms with Crippen LogP contribution in [0.15, 0.2) is 67.0 Å². The molecule has 0 aliphatic carbocycles. The minimum absolute atomic E-state index is 0. The Balaban J connectivity index is 0.000000264. The Kier molecular flexibility index (Phi) is 8.69. The average Bonchev–Trinajstić information content (AvgIpc) is 3.23. The molecule has 0 saturated carbocycles. The third-order valence-corrected chi connectivity index (χ3v) is 4.61. The van der Waals surface area contributed by atoms with Crippen molar-refractivity contribution in [2.75, 3.05) is 0 Å². The number of carbonyl (C=O) groups is 1. The summed E-state index contributed by atoms with van der Waals surface area (Å²) < 4.78 is 1.62. The second-order valence-electron chi connectivity index (χ2n) is 6.94. The molecular formula is C23H26ClN5O2. The highest BCUT2D eigenvalue weighted by molar-refractivity contribution is 5.86. The highest BCUT2D eigenvalue weighted by Crippen LogP contribution is 2.15. The molecule has 0 radical (unpaired) electrons. The molecule has 31 heavy (non-hydrogen) atoms. The monoisotopic (exact) mass is 439 g/mol. The fourth-order valence-electron chi connectivity index (χ4n) is 2.93. The Hall–Kier alpha value is -3.26. The Morgan fingerprint density at radius 3 is 2.13 bits per heavy atom. The average molecular weight is 440 g/mol.